The van der Waals surface area contributed by atoms with E-state index in [1.807, 2.05) is 6.92 Å². The van der Waals surface area contributed by atoms with Gasteiger partial charge in [0.25, 0.3) is 10.0 Å². The van der Waals surface area contributed by atoms with Crippen molar-refractivity contribution in [1.82, 2.24) is 5.32 Å². The van der Waals surface area contributed by atoms with Crippen molar-refractivity contribution < 1.29 is 36.9 Å². The lowest BCUT2D eigenvalue weighted by Crippen LogP contribution is -2.41. The minimum Gasteiger partial charge on any atom is -0.497 e. The van der Waals surface area contributed by atoms with Gasteiger partial charge < -0.3 is 29.0 Å². The minimum absolute atomic E-state index is 0.0654. The minimum atomic E-state index is -4.20. The molecular weight excluding hydrogens is 524 g/mol. The Morgan fingerprint density at radius 1 is 0.821 bits per heavy atom. The summed E-state index contributed by atoms with van der Waals surface area (Å²) in [5.74, 6) is 1.83. The Hall–Kier alpha value is -4.12. The first-order chi connectivity index (χ1) is 18.7. The number of rotatable bonds is 13. The number of anilines is 1. The number of hydrogen-bond acceptors (Lipinski definition) is 8. The molecule has 11 heteroatoms. The van der Waals surface area contributed by atoms with E-state index in [0.717, 1.165) is 4.31 Å². The molecule has 0 aliphatic carbocycles. The van der Waals surface area contributed by atoms with E-state index in [2.05, 4.69) is 5.32 Å². The largest absolute Gasteiger partial charge is 0.497 e. The van der Waals surface area contributed by atoms with Crippen LogP contribution >= 0.6 is 0 Å². The Kier molecular flexibility index (Phi) is 9.89. The van der Waals surface area contributed by atoms with Crippen LogP contribution in [-0.4, -0.2) is 55.9 Å². The third-order valence-corrected chi connectivity index (χ3v) is 7.72. The van der Waals surface area contributed by atoms with Crippen LogP contribution in [0, 0.1) is 0 Å². The maximum absolute atomic E-state index is 13.9. The van der Waals surface area contributed by atoms with Crippen LogP contribution in [0.3, 0.4) is 0 Å². The van der Waals surface area contributed by atoms with Crippen molar-refractivity contribution in [2.75, 3.05) is 45.9 Å². The lowest BCUT2D eigenvalue weighted by Gasteiger charge is -2.26. The van der Waals surface area contributed by atoms with E-state index in [4.69, 9.17) is 23.7 Å². The number of carbonyl (C=O) groups excluding carboxylic acids is 1. The van der Waals surface area contributed by atoms with E-state index < -0.39 is 28.5 Å². The van der Waals surface area contributed by atoms with E-state index in [0.29, 0.717) is 35.2 Å². The summed E-state index contributed by atoms with van der Waals surface area (Å²) >= 11 is 0. The molecule has 0 fully saturated rings. The van der Waals surface area contributed by atoms with Gasteiger partial charge in [0.15, 0.2) is 11.5 Å². The van der Waals surface area contributed by atoms with Gasteiger partial charge in [-0.1, -0.05) is 0 Å². The number of amides is 1. The lowest BCUT2D eigenvalue weighted by molar-refractivity contribution is -0.120. The summed E-state index contributed by atoms with van der Waals surface area (Å²) in [6.45, 7) is 3.60. The molecule has 0 unspecified atom stereocenters. The number of nitrogens with one attached hydrogen (secondary N) is 1. The maximum atomic E-state index is 13.9. The molecule has 0 aliphatic heterocycles. The van der Waals surface area contributed by atoms with Gasteiger partial charge in [-0.2, -0.15) is 0 Å². The number of ether oxygens (including phenoxy) is 5. The highest BCUT2D eigenvalue weighted by molar-refractivity contribution is 7.92. The molecule has 0 saturated heterocycles. The first-order valence-electron chi connectivity index (χ1n) is 12.2. The average Bonchev–Trinajstić information content (AvgIpc) is 2.95. The van der Waals surface area contributed by atoms with Crippen LogP contribution in [0.4, 0.5) is 5.69 Å². The number of hydrogen-bond donors (Lipinski definition) is 1. The van der Waals surface area contributed by atoms with Gasteiger partial charge in [0.1, 0.15) is 23.8 Å². The van der Waals surface area contributed by atoms with Crippen LogP contribution in [0.15, 0.2) is 65.6 Å². The number of methoxy groups -OCH3 is 4. The second-order valence-corrected chi connectivity index (χ2v) is 10.2. The third kappa shape index (κ3) is 6.85. The predicted octanol–water partition coefficient (Wildman–Crippen LogP) is 4.19. The van der Waals surface area contributed by atoms with Gasteiger partial charge in [0.05, 0.1) is 51.7 Å². The second-order valence-electron chi connectivity index (χ2n) is 8.35. The Labute approximate surface area is 229 Å². The third-order valence-electron chi connectivity index (χ3n) is 5.95. The normalized spacial score (nSPS) is 11.7. The average molecular weight is 559 g/mol. The Morgan fingerprint density at radius 3 is 2.03 bits per heavy atom. The molecule has 39 heavy (non-hydrogen) atoms. The SMILES string of the molecule is CCOc1ccc(N(CC(=O)N[C@@H](C)c2cc(OC)ccc2OC)S(=O)(=O)c2ccc(OC)c(OC)c2)cc1. The van der Waals surface area contributed by atoms with Gasteiger partial charge in [-0.15, -0.1) is 0 Å². The zero-order chi connectivity index (χ0) is 28.6. The highest BCUT2D eigenvalue weighted by Crippen LogP contribution is 2.33. The molecule has 0 aromatic heterocycles. The van der Waals surface area contributed by atoms with Crippen molar-refractivity contribution in [3.05, 3.63) is 66.2 Å². The molecule has 3 rings (SSSR count). The molecule has 0 aliphatic rings. The molecule has 0 spiro atoms. The molecule has 0 bridgehead atoms. The zero-order valence-electron chi connectivity index (χ0n) is 22.9. The maximum Gasteiger partial charge on any atom is 0.264 e. The Bertz CT molecular complexity index is 1380. The fourth-order valence-corrected chi connectivity index (χ4v) is 5.40. The Balaban J connectivity index is 1.97. The molecule has 1 atom stereocenters. The summed E-state index contributed by atoms with van der Waals surface area (Å²) < 4.78 is 55.5. The molecule has 0 saturated carbocycles. The lowest BCUT2D eigenvalue weighted by atomic mass is 10.1. The van der Waals surface area contributed by atoms with E-state index in [1.165, 1.54) is 39.5 Å². The monoisotopic (exact) mass is 558 g/mol. The van der Waals surface area contributed by atoms with E-state index in [1.54, 1.807) is 56.5 Å². The molecule has 3 aromatic rings. The second kappa shape index (κ2) is 13.1. The predicted molar refractivity (Wildman–Crippen MR) is 148 cm³/mol. The van der Waals surface area contributed by atoms with Crippen molar-refractivity contribution >= 4 is 21.6 Å². The number of carbonyl (C=O) groups is 1. The molecule has 0 radical (unpaired) electrons. The van der Waals surface area contributed by atoms with Crippen LogP contribution < -0.4 is 33.3 Å². The summed E-state index contributed by atoms with van der Waals surface area (Å²) in [4.78, 5) is 13.2. The van der Waals surface area contributed by atoms with Crippen molar-refractivity contribution in [2.24, 2.45) is 0 Å². The zero-order valence-corrected chi connectivity index (χ0v) is 23.7. The first-order valence-corrected chi connectivity index (χ1v) is 13.6. The molecular formula is C28H34N2O8S. The van der Waals surface area contributed by atoms with E-state index in [9.17, 15) is 13.2 Å². The van der Waals surface area contributed by atoms with Crippen LogP contribution in [0.25, 0.3) is 0 Å². The van der Waals surface area contributed by atoms with Crippen molar-refractivity contribution in [2.45, 2.75) is 24.8 Å². The number of sulfonamides is 1. The molecule has 0 heterocycles. The van der Waals surface area contributed by atoms with Gasteiger partial charge in [-0.3, -0.25) is 9.10 Å². The molecule has 3 aromatic carbocycles. The quantitative estimate of drug-likeness (QED) is 0.332. The van der Waals surface area contributed by atoms with Crippen LogP contribution in [0.1, 0.15) is 25.5 Å². The highest BCUT2D eigenvalue weighted by atomic mass is 32.2. The molecule has 10 nitrogen and oxygen atoms in total. The van der Waals surface area contributed by atoms with Gasteiger partial charge in [0, 0.05) is 11.6 Å². The van der Waals surface area contributed by atoms with Crippen LogP contribution in [-0.2, 0) is 14.8 Å². The highest BCUT2D eigenvalue weighted by Gasteiger charge is 2.29. The summed E-state index contributed by atoms with van der Waals surface area (Å²) in [6.07, 6.45) is 0. The van der Waals surface area contributed by atoms with Crippen LogP contribution in [0.2, 0.25) is 0 Å². The number of nitrogens with zero attached hydrogens (tertiary/aromatic N) is 1. The number of benzene rings is 3. The Morgan fingerprint density at radius 2 is 1.44 bits per heavy atom. The van der Waals surface area contributed by atoms with Crippen molar-refractivity contribution in [3.63, 3.8) is 0 Å². The first kappa shape index (κ1) is 29.4. The summed E-state index contributed by atoms with van der Waals surface area (Å²) in [5.41, 5.74) is 0.968. The smallest absolute Gasteiger partial charge is 0.264 e. The van der Waals surface area contributed by atoms with Gasteiger partial charge in [0.2, 0.25) is 5.91 Å². The topological polar surface area (TPSA) is 113 Å². The summed E-state index contributed by atoms with van der Waals surface area (Å²) in [7, 11) is 1.75. The fourth-order valence-electron chi connectivity index (χ4n) is 3.97. The van der Waals surface area contributed by atoms with Crippen molar-refractivity contribution in [1.29, 1.82) is 0 Å². The van der Waals surface area contributed by atoms with Crippen molar-refractivity contribution in [3.8, 4) is 28.7 Å². The van der Waals surface area contributed by atoms with Gasteiger partial charge in [-0.05, 0) is 68.4 Å². The van der Waals surface area contributed by atoms with Gasteiger partial charge >= 0.3 is 0 Å². The van der Waals surface area contributed by atoms with Gasteiger partial charge in [-0.25, -0.2) is 8.42 Å². The van der Waals surface area contributed by atoms with E-state index >= 15 is 0 Å². The standard InChI is InChI=1S/C28H34N2O8S/c1-7-38-21-10-8-20(9-11-21)30(39(32,33)23-13-15-26(36-5)27(17-23)37-6)18-28(31)29-19(2)24-16-22(34-3)12-14-25(24)35-4/h8-17,19H,7,18H2,1-6H3,(H,29,31)/t19-/m0/s1. The molecule has 1 amide bonds. The summed E-state index contributed by atoms with van der Waals surface area (Å²) in [6, 6.07) is 15.5. The molecule has 1 N–H and O–H groups in total. The van der Waals surface area contributed by atoms with Crippen LogP contribution in [0.5, 0.6) is 28.7 Å². The summed E-state index contributed by atoms with van der Waals surface area (Å²) in [5, 5.41) is 2.87. The fraction of sp³-hybridized carbons (Fsp3) is 0.321. The molecule has 210 valence electrons. The van der Waals surface area contributed by atoms with E-state index in [-0.39, 0.29) is 16.3 Å².